The molecule has 3 rings (SSSR count). The van der Waals surface area contributed by atoms with Crippen LogP contribution >= 0.6 is 11.6 Å². The van der Waals surface area contributed by atoms with Gasteiger partial charge in [0.05, 0.1) is 12.8 Å². The Morgan fingerprint density at radius 2 is 1.68 bits per heavy atom. The molecule has 0 spiro atoms. The van der Waals surface area contributed by atoms with Gasteiger partial charge in [0.1, 0.15) is 11.6 Å². The van der Waals surface area contributed by atoms with Gasteiger partial charge in [-0.05, 0) is 55.8 Å². The second-order valence-electron chi connectivity index (χ2n) is 5.68. The van der Waals surface area contributed by atoms with Crippen LogP contribution in [-0.2, 0) is 0 Å². The molecule has 128 valence electrons. The van der Waals surface area contributed by atoms with Crippen LogP contribution in [0.4, 0.5) is 23.1 Å². The van der Waals surface area contributed by atoms with Crippen molar-refractivity contribution in [1.82, 2.24) is 9.97 Å². The maximum absolute atomic E-state index is 5.92. The van der Waals surface area contributed by atoms with Gasteiger partial charge in [0.25, 0.3) is 0 Å². The van der Waals surface area contributed by atoms with Crippen molar-refractivity contribution >= 4 is 34.7 Å². The molecule has 3 aromatic rings. The summed E-state index contributed by atoms with van der Waals surface area (Å²) < 4.78 is 5.39. The predicted molar refractivity (Wildman–Crippen MR) is 103 cm³/mol. The van der Waals surface area contributed by atoms with Crippen molar-refractivity contribution in [3.63, 3.8) is 0 Å². The number of aromatic nitrogens is 2. The van der Waals surface area contributed by atoms with E-state index in [2.05, 4.69) is 20.6 Å². The third-order valence-corrected chi connectivity index (χ3v) is 3.82. The van der Waals surface area contributed by atoms with E-state index in [-0.39, 0.29) is 0 Å². The second kappa shape index (κ2) is 7.40. The summed E-state index contributed by atoms with van der Waals surface area (Å²) in [6.45, 7) is 3.95. The number of halogens is 1. The Balaban J connectivity index is 1.87. The van der Waals surface area contributed by atoms with Gasteiger partial charge < -0.3 is 15.4 Å². The largest absolute Gasteiger partial charge is 0.495 e. The molecule has 2 N–H and O–H groups in total. The molecule has 25 heavy (non-hydrogen) atoms. The van der Waals surface area contributed by atoms with Gasteiger partial charge in [-0.15, -0.1) is 0 Å². The smallest absolute Gasteiger partial charge is 0.229 e. The molecule has 0 bridgehead atoms. The Morgan fingerprint density at radius 3 is 2.40 bits per heavy atom. The molecule has 0 aliphatic rings. The Kier molecular flexibility index (Phi) is 5.05. The molecule has 2 aromatic carbocycles. The minimum absolute atomic E-state index is 0.500. The van der Waals surface area contributed by atoms with Crippen LogP contribution < -0.4 is 15.4 Å². The number of rotatable bonds is 5. The first-order chi connectivity index (χ1) is 12.0. The van der Waals surface area contributed by atoms with E-state index in [4.69, 9.17) is 16.3 Å². The molecule has 1 heterocycles. The number of nitrogens with zero attached hydrogens (tertiary/aromatic N) is 2. The van der Waals surface area contributed by atoms with E-state index in [1.54, 1.807) is 7.11 Å². The maximum Gasteiger partial charge on any atom is 0.229 e. The lowest BCUT2D eigenvalue weighted by Crippen LogP contribution is -2.03. The van der Waals surface area contributed by atoms with E-state index in [0.29, 0.717) is 16.8 Å². The lowest BCUT2D eigenvalue weighted by molar-refractivity contribution is 0.416. The van der Waals surface area contributed by atoms with Crippen molar-refractivity contribution in [2.24, 2.45) is 0 Å². The molecule has 0 saturated carbocycles. The molecule has 0 unspecified atom stereocenters. The highest BCUT2D eigenvalue weighted by molar-refractivity contribution is 6.30. The van der Waals surface area contributed by atoms with E-state index in [1.807, 2.05) is 62.4 Å². The fraction of sp³-hybridized carbons (Fsp3) is 0.158. The second-order valence-corrected chi connectivity index (χ2v) is 6.12. The van der Waals surface area contributed by atoms with E-state index < -0.39 is 0 Å². The molecule has 0 aliphatic carbocycles. The van der Waals surface area contributed by atoms with Gasteiger partial charge in [0.2, 0.25) is 5.95 Å². The maximum atomic E-state index is 5.92. The van der Waals surface area contributed by atoms with Crippen LogP contribution in [0.25, 0.3) is 0 Å². The Morgan fingerprint density at radius 1 is 0.920 bits per heavy atom. The standard InChI is InChI=1S/C19H19ClN4O/c1-12-4-9-17(25-3)16(10-12)23-19-21-13(2)11-18(24-19)22-15-7-5-14(20)6-8-15/h4-11H,1-3H3,(H2,21,22,23,24). The first kappa shape index (κ1) is 17.0. The molecule has 5 nitrogen and oxygen atoms in total. The minimum atomic E-state index is 0.500. The van der Waals surface area contributed by atoms with Crippen LogP contribution in [0.1, 0.15) is 11.3 Å². The third-order valence-electron chi connectivity index (χ3n) is 3.57. The third kappa shape index (κ3) is 4.39. The Hall–Kier alpha value is -2.79. The molecule has 6 heteroatoms. The van der Waals surface area contributed by atoms with Crippen LogP contribution in [0.15, 0.2) is 48.5 Å². The van der Waals surface area contributed by atoms with E-state index in [0.717, 1.165) is 28.4 Å². The van der Waals surface area contributed by atoms with Gasteiger partial charge >= 0.3 is 0 Å². The first-order valence-electron chi connectivity index (χ1n) is 7.83. The van der Waals surface area contributed by atoms with Crippen LogP contribution in [0.2, 0.25) is 5.02 Å². The SMILES string of the molecule is COc1ccc(C)cc1Nc1nc(C)cc(Nc2ccc(Cl)cc2)n1. The Bertz CT molecular complexity index is 881. The lowest BCUT2D eigenvalue weighted by atomic mass is 10.2. The van der Waals surface area contributed by atoms with Crippen molar-refractivity contribution in [3.05, 3.63) is 64.8 Å². The van der Waals surface area contributed by atoms with Crippen molar-refractivity contribution in [1.29, 1.82) is 0 Å². The summed E-state index contributed by atoms with van der Waals surface area (Å²) in [7, 11) is 1.64. The number of hydrogen-bond donors (Lipinski definition) is 2. The van der Waals surface area contributed by atoms with Gasteiger partial charge in [-0.25, -0.2) is 4.98 Å². The van der Waals surface area contributed by atoms with E-state index in [1.165, 1.54) is 0 Å². The fourth-order valence-corrected chi connectivity index (χ4v) is 2.54. The highest BCUT2D eigenvalue weighted by Crippen LogP contribution is 2.28. The molecule has 0 saturated heterocycles. The first-order valence-corrected chi connectivity index (χ1v) is 8.21. The number of hydrogen-bond acceptors (Lipinski definition) is 5. The van der Waals surface area contributed by atoms with Gasteiger partial charge in [0.15, 0.2) is 0 Å². The van der Waals surface area contributed by atoms with Gasteiger partial charge in [0, 0.05) is 22.5 Å². The van der Waals surface area contributed by atoms with Crippen LogP contribution in [-0.4, -0.2) is 17.1 Å². The summed E-state index contributed by atoms with van der Waals surface area (Å²) in [4.78, 5) is 8.98. The zero-order chi connectivity index (χ0) is 17.8. The van der Waals surface area contributed by atoms with Gasteiger partial charge in [-0.3, -0.25) is 0 Å². The average Bonchev–Trinajstić information content (AvgIpc) is 2.57. The molecule has 0 amide bonds. The topological polar surface area (TPSA) is 59.1 Å². The number of methoxy groups -OCH3 is 1. The molecular weight excluding hydrogens is 336 g/mol. The summed E-state index contributed by atoms with van der Waals surface area (Å²) in [5.41, 5.74) is 3.70. The highest BCUT2D eigenvalue weighted by atomic mass is 35.5. The molecule has 0 atom stereocenters. The number of nitrogens with one attached hydrogen (secondary N) is 2. The summed E-state index contributed by atoms with van der Waals surface area (Å²) in [5, 5.41) is 7.18. The summed E-state index contributed by atoms with van der Waals surface area (Å²) in [6, 6.07) is 15.2. The lowest BCUT2D eigenvalue weighted by Gasteiger charge is -2.13. The molecule has 0 fully saturated rings. The molecule has 1 aromatic heterocycles. The fourth-order valence-electron chi connectivity index (χ4n) is 2.41. The number of benzene rings is 2. The van der Waals surface area contributed by atoms with Crippen molar-refractivity contribution in [2.45, 2.75) is 13.8 Å². The molecule has 0 aliphatic heterocycles. The van der Waals surface area contributed by atoms with Crippen molar-refractivity contribution in [3.8, 4) is 5.75 Å². The van der Waals surface area contributed by atoms with Crippen LogP contribution in [0.5, 0.6) is 5.75 Å². The highest BCUT2D eigenvalue weighted by Gasteiger charge is 2.08. The number of ether oxygens (including phenoxy) is 1. The normalized spacial score (nSPS) is 10.4. The molecule has 0 radical (unpaired) electrons. The zero-order valence-corrected chi connectivity index (χ0v) is 15.1. The van der Waals surface area contributed by atoms with Gasteiger partial charge in [-0.1, -0.05) is 17.7 Å². The van der Waals surface area contributed by atoms with E-state index in [9.17, 15) is 0 Å². The predicted octanol–water partition coefficient (Wildman–Crippen LogP) is 5.24. The minimum Gasteiger partial charge on any atom is -0.495 e. The van der Waals surface area contributed by atoms with Gasteiger partial charge in [-0.2, -0.15) is 4.98 Å². The van der Waals surface area contributed by atoms with Crippen molar-refractivity contribution < 1.29 is 4.74 Å². The average molecular weight is 355 g/mol. The van der Waals surface area contributed by atoms with Crippen LogP contribution in [0.3, 0.4) is 0 Å². The Labute approximate surface area is 152 Å². The van der Waals surface area contributed by atoms with Crippen LogP contribution in [0, 0.1) is 13.8 Å². The monoisotopic (exact) mass is 354 g/mol. The van der Waals surface area contributed by atoms with E-state index >= 15 is 0 Å². The zero-order valence-electron chi connectivity index (χ0n) is 14.3. The van der Waals surface area contributed by atoms with Crippen molar-refractivity contribution in [2.75, 3.05) is 17.7 Å². The summed E-state index contributed by atoms with van der Waals surface area (Å²) >= 11 is 5.92. The molecular formula is C19H19ClN4O. The summed E-state index contributed by atoms with van der Waals surface area (Å²) in [6.07, 6.45) is 0. The quantitative estimate of drug-likeness (QED) is 0.656. The summed E-state index contributed by atoms with van der Waals surface area (Å²) in [5.74, 6) is 1.94. The number of anilines is 4. The number of aryl methyl sites for hydroxylation is 2.